The Morgan fingerprint density at radius 1 is 1.12 bits per heavy atom. The van der Waals surface area contributed by atoms with Crippen LogP contribution in [0, 0.1) is 0 Å². The summed E-state index contributed by atoms with van der Waals surface area (Å²) in [6.45, 7) is 12.0. The maximum absolute atomic E-state index is 3.48. The number of rotatable bonds is 7. The fourth-order valence-electron chi connectivity index (χ4n) is 2.56. The van der Waals surface area contributed by atoms with Crippen molar-refractivity contribution in [3.8, 4) is 0 Å². The van der Waals surface area contributed by atoms with Gasteiger partial charge in [-0.3, -0.25) is 0 Å². The summed E-state index contributed by atoms with van der Waals surface area (Å²) in [4.78, 5) is 5.09. The highest BCUT2D eigenvalue weighted by Gasteiger charge is 2.11. The fraction of sp³-hybridized carbons (Fsp3) is 1.00. The third kappa shape index (κ3) is 7.02. The monoisotopic (exact) mass is 241 g/mol. The predicted molar refractivity (Wildman–Crippen MR) is 75.5 cm³/mol. The molecule has 102 valence electrons. The van der Waals surface area contributed by atoms with E-state index in [0.717, 1.165) is 6.54 Å². The van der Waals surface area contributed by atoms with Crippen LogP contribution in [0.25, 0.3) is 0 Å². The van der Waals surface area contributed by atoms with Gasteiger partial charge in [-0.05, 0) is 59.4 Å². The lowest BCUT2D eigenvalue weighted by Crippen LogP contribution is -2.30. The summed E-state index contributed by atoms with van der Waals surface area (Å²) in [5.41, 5.74) is 0. The van der Waals surface area contributed by atoms with Crippen LogP contribution >= 0.6 is 0 Å². The van der Waals surface area contributed by atoms with E-state index in [-0.39, 0.29) is 0 Å². The second-order valence-electron chi connectivity index (χ2n) is 5.45. The summed E-state index contributed by atoms with van der Waals surface area (Å²) in [6.07, 6.45) is 5.38. The maximum atomic E-state index is 3.48. The highest BCUT2D eigenvalue weighted by atomic mass is 15.2. The highest BCUT2D eigenvalue weighted by molar-refractivity contribution is 4.67. The van der Waals surface area contributed by atoms with Gasteiger partial charge in [0, 0.05) is 19.1 Å². The molecule has 0 radical (unpaired) electrons. The maximum Gasteiger partial charge on any atom is 0.0109 e. The first-order valence-corrected chi connectivity index (χ1v) is 7.36. The SMILES string of the molecule is CCNC(C)CCCCN1CCCN(C)CC1. The number of unbranched alkanes of at least 4 members (excludes halogenated alkanes) is 1. The molecule has 0 aromatic rings. The van der Waals surface area contributed by atoms with Crippen molar-refractivity contribution in [2.45, 2.75) is 45.6 Å². The fourth-order valence-corrected chi connectivity index (χ4v) is 2.56. The number of nitrogens with zero attached hydrogens (tertiary/aromatic N) is 2. The number of hydrogen-bond donors (Lipinski definition) is 1. The van der Waals surface area contributed by atoms with Gasteiger partial charge in [0.05, 0.1) is 0 Å². The van der Waals surface area contributed by atoms with Crippen LogP contribution in [0.4, 0.5) is 0 Å². The quantitative estimate of drug-likeness (QED) is 0.686. The Hall–Kier alpha value is -0.120. The van der Waals surface area contributed by atoms with E-state index in [4.69, 9.17) is 0 Å². The van der Waals surface area contributed by atoms with Gasteiger partial charge in [0.25, 0.3) is 0 Å². The first kappa shape index (κ1) is 14.9. The van der Waals surface area contributed by atoms with E-state index in [1.165, 1.54) is 58.4 Å². The molecule has 17 heavy (non-hydrogen) atoms. The minimum absolute atomic E-state index is 0.690. The van der Waals surface area contributed by atoms with Crippen LogP contribution in [-0.4, -0.2) is 62.2 Å². The van der Waals surface area contributed by atoms with Gasteiger partial charge in [-0.15, -0.1) is 0 Å². The Kier molecular flexibility index (Phi) is 7.82. The van der Waals surface area contributed by atoms with E-state index in [9.17, 15) is 0 Å². The molecule has 0 aromatic carbocycles. The first-order valence-electron chi connectivity index (χ1n) is 7.36. The van der Waals surface area contributed by atoms with Crippen LogP contribution < -0.4 is 5.32 Å². The van der Waals surface area contributed by atoms with Crippen LogP contribution in [0.2, 0.25) is 0 Å². The molecule has 1 aliphatic heterocycles. The molecule has 0 saturated carbocycles. The zero-order chi connectivity index (χ0) is 12.5. The van der Waals surface area contributed by atoms with E-state index in [0.29, 0.717) is 6.04 Å². The largest absolute Gasteiger partial charge is 0.315 e. The predicted octanol–water partition coefficient (Wildman–Crippen LogP) is 1.79. The molecule has 1 aliphatic rings. The molecule has 1 atom stereocenters. The van der Waals surface area contributed by atoms with Gasteiger partial charge >= 0.3 is 0 Å². The third-order valence-electron chi connectivity index (χ3n) is 3.73. The van der Waals surface area contributed by atoms with Gasteiger partial charge in [-0.25, -0.2) is 0 Å². The molecule has 1 unspecified atom stereocenters. The topological polar surface area (TPSA) is 18.5 Å². The smallest absolute Gasteiger partial charge is 0.0109 e. The Labute approximate surface area is 108 Å². The van der Waals surface area contributed by atoms with Crippen LogP contribution in [0.15, 0.2) is 0 Å². The van der Waals surface area contributed by atoms with E-state index in [1.54, 1.807) is 0 Å². The van der Waals surface area contributed by atoms with Crippen LogP contribution in [0.1, 0.15) is 39.5 Å². The first-order chi connectivity index (χ1) is 8.22. The average Bonchev–Trinajstić information content (AvgIpc) is 2.50. The van der Waals surface area contributed by atoms with E-state index < -0.39 is 0 Å². The molecule has 1 saturated heterocycles. The molecule has 3 nitrogen and oxygen atoms in total. The minimum atomic E-state index is 0.690. The van der Waals surface area contributed by atoms with E-state index in [1.807, 2.05) is 0 Å². The van der Waals surface area contributed by atoms with Crippen LogP contribution in [0.5, 0.6) is 0 Å². The number of hydrogen-bond acceptors (Lipinski definition) is 3. The lowest BCUT2D eigenvalue weighted by atomic mass is 10.1. The minimum Gasteiger partial charge on any atom is -0.315 e. The van der Waals surface area contributed by atoms with Crippen molar-refractivity contribution in [2.75, 3.05) is 46.3 Å². The third-order valence-corrected chi connectivity index (χ3v) is 3.73. The summed E-state index contributed by atoms with van der Waals surface area (Å²) >= 11 is 0. The van der Waals surface area contributed by atoms with Crippen molar-refractivity contribution in [1.82, 2.24) is 15.1 Å². The van der Waals surface area contributed by atoms with E-state index >= 15 is 0 Å². The van der Waals surface area contributed by atoms with Gasteiger partial charge < -0.3 is 15.1 Å². The molecule has 3 heteroatoms. The molecule has 0 aliphatic carbocycles. The summed E-state index contributed by atoms with van der Waals surface area (Å²) in [5.74, 6) is 0. The zero-order valence-corrected chi connectivity index (χ0v) is 12.0. The summed E-state index contributed by atoms with van der Waals surface area (Å²) in [5, 5.41) is 3.48. The van der Waals surface area contributed by atoms with Crippen molar-refractivity contribution >= 4 is 0 Å². The van der Waals surface area contributed by atoms with Crippen molar-refractivity contribution in [2.24, 2.45) is 0 Å². The van der Waals surface area contributed by atoms with E-state index in [2.05, 4.69) is 36.0 Å². The summed E-state index contributed by atoms with van der Waals surface area (Å²) < 4.78 is 0. The van der Waals surface area contributed by atoms with Crippen molar-refractivity contribution in [3.05, 3.63) is 0 Å². The highest BCUT2D eigenvalue weighted by Crippen LogP contribution is 2.05. The summed E-state index contributed by atoms with van der Waals surface area (Å²) in [6, 6.07) is 0.690. The number of nitrogens with one attached hydrogen (secondary N) is 1. The Balaban J connectivity index is 2.02. The Morgan fingerprint density at radius 2 is 1.94 bits per heavy atom. The summed E-state index contributed by atoms with van der Waals surface area (Å²) in [7, 11) is 2.24. The van der Waals surface area contributed by atoms with Crippen molar-refractivity contribution < 1.29 is 0 Å². The normalized spacial score (nSPS) is 21.4. The molecular formula is C14H31N3. The van der Waals surface area contributed by atoms with Crippen LogP contribution in [-0.2, 0) is 0 Å². The molecule has 0 spiro atoms. The standard InChI is InChI=1S/C14H31N3/c1-4-15-14(2)8-5-6-10-17-11-7-9-16(3)12-13-17/h14-15H,4-13H2,1-3H3. The Morgan fingerprint density at radius 3 is 2.71 bits per heavy atom. The molecule has 0 aromatic heterocycles. The van der Waals surface area contributed by atoms with Crippen molar-refractivity contribution in [3.63, 3.8) is 0 Å². The zero-order valence-electron chi connectivity index (χ0n) is 12.0. The molecular weight excluding hydrogens is 210 g/mol. The number of likely N-dealkylation sites (N-methyl/N-ethyl adjacent to an activating group) is 1. The molecule has 1 rings (SSSR count). The van der Waals surface area contributed by atoms with Gasteiger partial charge in [-0.2, -0.15) is 0 Å². The lowest BCUT2D eigenvalue weighted by Gasteiger charge is -2.20. The molecule has 0 bridgehead atoms. The molecule has 0 amide bonds. The Bertz CT molecular complexity index is 184. The van der Waals surface area contributed by atoms with Gasteiger partial charge in [0.15, 0.2) is 0 Å². The van der Waals surface area contributed by atoms with Gasteiger partial charge in [0.2, 0.25) is 0 Å². The van der Waals surface area contributed by atoms with Gasteiger partial charge in [-0.1, -0.05) is 13.3 Å². The molecule has 1 N–H and O–H groups in total. The lowest BCUT2D eigenvalue weighted by molar-refractivity contribution is 0.269. The second-order valence-corrected chi connectivity index (χ2v) is 5.45. The molecule has 1 heterocycles. The second kappa shape index (κ2) is 8.90. The van der Waals surface area contributed by atoms with Crippen molar-refractivity contribution in [1.29, 1.82) is 0 Å². The van der Waals surface area contributed by atoms with Crippen LogP contribution in [0.3, 0.4) is 0 Å². The molecule has 1 fully saturated rings. The average molecular weight is 241 g/mol. The van der Waals surface area contributed by atoms with Gasteiger partial charge in [0.1, 0.15) is 0 Å².